The molecule has 0 bridgehead atoms. The molecule has 0 aromatic heterocycles. The van der Waals surface area contributed by atoms with Crippen LogP contribution in [0.25, 0.3) is 0 Å². The molecule has 0 atom stereocenters. The zero-order valence-corrected chi connectivity index (χ0v) is 56.5. The third kappa shape index (κ3) is 14.3. The number of alkyl halides is 4. The van der Waals surface area contributed by atoms with Crippen LogP contribution in [0.15, 0.2) is 0 Å². The normalized spacial score (nSPS) is 41.0. The summed E-state index contributed by atoms with van der Waals surface area (Å²) in [6.07, 6.45) is 64.7. The second-order valence-electron chi connectivity index (χ2n) is 31.1. The fourth-order valence-corrected chi connectivity index (χ4v) is 23.7. The van der Waals surface area contributed by atoms with Crippen LogP contribution in [0.2, 0.25) is 0 Å². The molecule has 10 rings (SSSR count). The first-order valence-electron chi connectivity index (χ1n) is 36.6. The first kappa shape index (κ1) is 66.8. The number of unbranched alkanes of at least 4 members (excludes halogenated alkanes) is 14. The van der Waals surface area contributed by atoms with Crippen molar-refractivity contribution in [3.63, 3.8) is 0 Å². The van der Waals surface area contributed by atoms with E-state index in [1.807, 2.05) is 14.2 Å². The molecule has 4 nitrogen and oxygen atoms in total. The fraction of sp³-hybridized carbons (Fsp3) is 0.973. The van der Waals surface area contributed by atoms with E-state index in [1.54, 1.807) is 0 Å². The molecule has 0 heterocycles. The van der Waals surface area contributed by atoms with E-state index in [1.165, 1.54) is 244 Å². The van der Waals surface area contributed by atoms with Gasteiger partial charge in [0.05, 0.1) is 33.9 Å². The maximum absolute atomic E-state index is 14.2. The molecule has 0 aliphatic heterocycles. The van der Waals surface area contributed by atoms with Gasteiger partial charge in [-0.2, -0.15) is 0 Å². The van der Waals surface area contributed by atoms with Crippen molar-refractivity contribution >= 4 is 58.0 Å². The standard InChI is InChI=1S/C46H80Cl2O.C28H44Cl2O3/c1-3-5-7-9-11-13-15-17-19-37-21-25-39(26-22-37)41-29-33-44(34-30-41)43(49)45(46(44,47)48)35-31-42(32-36-45)40-27-23-38(24-28-40)20-18-16-14-12-10-8-6-4-2;1-32-23-7-3-19(4-8-23)21-11-15-26(16-12-21)25(31)27(28(26,29)30)17-13-22(14-18-27)20-5-9-24(33-2)10-6-20/h37-42H,3-36H2,1-2H3;19-24H,3-18H2,1-2H3. The maximum Gasteiger partial charge on any atom is 0.151 e. The van der Waals surface area contributed by atoms with E-state index >= 15 is 0 Å². The monoisotopic (exact) mass is 1220 g/mol. The number of ketones is 2. The Kier molecular flexibility index (Phi) is 25.2. The van der Waals surface area contributed by atoms with Gasteiger partial charge in [-0.15, -0.1) is 0 Å². The molecule has 10 fully saturated rings. The number of Topliss-reactive ketones (excluding diaryl/α,β-unsaturated/α-hetero) is 2. The molecule has 0 aromatic rings. The number of carbonyl (C=O) groups excluding carboxylic acids is 2. The molecule has 10 aliphatic carbocycles. The summed E-state index contributed by atoms with van der Waals surface area (Å²) in [7, 11) is 3.68. The number of rotatable bonds is 24. The Morgan fingerprint density at radius 2 is 0.512 bits per heavy atom. The van der Waals surface area contributed by atoms with Crippen LogP contribution < -0.4 is 0 Å². The van der Waals surface area contributed by atoms with E-state index in [9.17, 15) is 9.59 Å². The lowest BCUT2D eigenvalue weighted by Gasteiger charge is -2.67. The Labute approximate surface area is 524 Å². The number of hydrogen-bond donors (Lipinski definition) is 0. The van der Waals surface area contributed by atoms with Gasteiger partial charge < -0.3 is 9.47 Å². The number of carbonyl (C=O) groups is 2. The molecule has 10 saturated carbocycles. The minimum absolute atomic E-state index is 0.433. The molecule has 0 radical (unpaired) electrons. The molecule has 0 N–H and O–H groups in total. The van der Waals surface area contributed by atoms with Gasteiger partial charge in [0.2, 0.25) is 0 Å². The van der Waals surface area contributed by atoms with E-state index in [0.717, 1.165) is 136 Å². The van der Waals surface area contributed by atoms with Crippen molar-refractivity contribution in [2.45, 2.75) is 356 Å². The highest BCUT2D eigenvalue weighted by atomic mass is 35.5. The van der Waals surface area contributed by atoms with Gasteiger partial charge in [-0.25, -0.2) is 0 Å². The minimum Gasteiger partial charge on any atom is -0.381 e. The van der Waals surface area contributed by atoms with Crippen molar-refractivity contribution in [1.82, 2.24) is 0 Å². The summed E-state index contributed by atoms with van der Waals surface area (Å²) in [5.41, 5.74) is -1.83. The molecule has 0 unspecified atom stereocenters. The van der Waals surface area contributed by atoms with Gasteiger partial charge >= 0.3 is 0 Å². The SMILES string of the molecule is CCCCCCCCCCC1CCC(C2CCC3(CC2)C(=O)C2(CCC(C4CCC(CCCCCCCCCC)CC4)CC2)C3(Cl)Cl)CC1.COC1CCC(C2CCC3(CC2)C(=O)C2(CCC(C4CCC(OC)CC4)CC2)C3(Cl)Cl)CC1. The molecular weight excluding hydrogens is 1090 g/mol. The second kappa shape index (κ2) is 31.0. The number of hydrogen-bond acceptors (Lipinski definition) is 4. The van der Waals surface area contributed by atoms with Crippen LogP contribution in [0.4, 0.5) is 0 Å². The average Bonchev–Trinajstić information content (AvgIpc) is 2.33. The molecule has 82 heavy (non-hydrogen) atoms. The highest BCUT2D eigenvalue weighted by Crippen LogP contribution is 2.76. The highest BCUT2D eigenvalue weighted by molar-refractivity contribution is 6.55. The van der Waals surface area contributed by atoms with Gasteiger partial charge in [0.25, 0.3) is 0 Å². The molecular formula is C74H124Cl4O4. The predicted molar refractivity (Wildman–Crippen MR) is 347 cm³/mol. The van der Waals surface area contributed by atoms with Crippen molar-refractivity contribution in [3.8, 4) is 0 Å². The van der Waals surface area contributed by atoms with Gasteiger partial charge in [0, 0.05) is 14.2 Å². The Morgan fingerprint density at radius 1 is 0.305 bits per heavy atom. The largest absolute Gasteiger partial charge is 0.381 e. The van der Waals surface area contributed by atoms with E-state index in [2.05, 4.69) is 13.8 Å². The predicted octanol–water partition coefficient (Wildman–Crippen LogP) is 23.3. The van der Waals surface area contributed by atoms with Crippen LogP contribution in [-0.2, 0) is 19.1 Å². The lowest BCUT2D eigenvalue weighted by molar-refractivity contribution is -0.174. The summed E-state index contributed by atoms with van der Waals surface area (Å²) in [6, 6.07) is 0. The van der Waals surface area contributed by atoms with Crippen molar-refractivity contribution in [2.75, 3.05) is 14.2 Å². The Bertz CT molecular complexity index is 1760. The van der Waals surface area contributed by atoms with Crippen molar-refractivity contribution in [3.05, 3.63) is 0 Å². The van der Waals surface area contributed by atoms with Crippen LogP contribution in [0.5, 0.6) is 0 Å². The van der Waals surface area contributed by atoms with Gasteiger partial charge in [0.15, 0.2) is 11.6 Å². The average molecular weight is 1220 g/mol. The van der Waals surface area contributed by atoms with E-state index in [0.29, 0.717) is 23.8 Å². The summed E-state index contributed by atoms with van der Waals surface area (Å²) in [6.45, 7) is 4.61. The molecule has 4 spiro atoms. The van der Waals surface area contributed by atoms with Crippen LogP contribution in [0, 0.1) is 80.8 Å². The third-order valence-corrected chi connectivity index (χ3v) is 30.1. The molecule has 10 aliphatic rings. The maximum atomic E-state index is 14.2. The van der Waals surface area contributed by atoms with Crippen LogP contribution in [-0.4, -0.2) is 46.7 Å². The summed E-state index contributed by atoms with van der Waals surface area (Å²) in [4.78, 5) is 28.1. The minimum atomic E-state index is -0.867. The van der Waals surface area contributed by atoms with Crippen molar-refractivity contribution in [2.24, 2.45) is 80.8 Å². The zero-order valence-electron chi connectivity index (χ0n) is 53.4. The Hall–Kier alpha value is 0.420. The topological polar surface area (TPSA) is 52.6 Å². The smallest absolute Gasteiger partial charge is 0.151 e. The fourth-order valence-electron chi connectivity index (χ4n) is 21.5. The first-order chi connectivity index (χ1) is 39.7. The molecule has 0 aromatic carbocycles. The molecule has 472 valence electrons. The second-order valence-corrected chi connectivity index (χ2v) is 33.8. The Morgan fingerprint density at radius 3 is 0.732 bits per heavy atom. The number of methoxy groups -OCH3 is 2. The number of halogens is 4. The summed E-state index contributed by atoms with van der Waals surface area (Å²) in [5, 5.41) is 0. The van der Waals surface area contributed by atoms with Gasteiger partial charge in [-0.05, 0) is 239 Å². The highest BCUT2D eigenvalue weighted by Gasteiger charge is 2.80. The lowest BCUT2D eigenvalue weighted by atomic mass is 9.41. The number of ether oxygens (including phenoxy) is 2. The third-order valence-electron chi connectivity index (χ3n) is 27.2. The van der Waals surface area contributed by atoms with Crippen molar-refractivity contribution < 1.29 is 19.1 Å². The molecule has 0 saturated heterocycles. The van der Waals surface area contributed by atoms with Crippen molar-refractivity contribution in [1.29, 1.82) is 0 Å². The van der Waals surface area contributed by atoms with E-state index in [4.69, 9.17) is 55.9 Å². The summed E-state index contributed by atoms with van der Waals surface area (Å²) in [5.74, 6) is 9.28. The van der Waals surface area contributed by atoms with Gasteiger partial charge in [0.1, 0.15) is 8.67 Å². The summed E-state index contributed by atoms with van der Waals surface area (Å²) >= 11 is 29.3. The zero-order chi connectivity index (χ0) is 57.9. The summed E-state index contributed by atoms with van der Waals surface area (Å²) < 4.78 is 9.42. The quantitative estimate of drug-likeness (QED) is 0.0714. The first-order valence-corrected chi connectivity index (χ1v) is 38.2. The van der Waals surface area contributed by atoms with Crippen LogP contribution in [0.1, 0.15) is 335 Å². The molecule has 8 heteroatoms. The van der Waals surface area contributed by atoms with Crippen LogP contribution in [0.3, 0.4) is 0 Å². The van der Waals surface area contributed by atoms with Gasteiger partial charge in [-0.1, -0.05) is 202 Å². The lowest BCUT2D eigenvalue weighted by Crippen LogP contribution is -2.74. The Balaban J connectivity index is 0.000000213. The van der Waals surface area contributed by atoms with Gasteiger partial charge in [-0.3, -0.25) is 9.59 Å². The van der Waals surface area contributed by atoms with E-state index < -0.39 is 30.3 Å². The van der Waals surface area contributed by atoms with Crippen LogP contribution >= 0.6 is 46.4 Å². The van der Waals surface area contributed by atoms with E-state index in [-0.39, 0.29) is 0 Å². The molecule has 0 amide bonds.